The summed E-state index contributed by atoms with van der Waals surface area (Å²) in [5.41, 5.74) is 4.60. The van der Waals surface area contributed by atoms with E-state index in [0.717, 1.165) is 16.7 Å². The largest absolute Gasteiger partial charge is 0.439 e. The van der Waals surface area contributed by atoms with Crippen molar-refractivity contribution in [3.8, 4) is 16.9 Å². The van der Waals surface area contributed by atoms with Gasteiger partial charge in [-0.1, -0.05) is 54.9 Å². The summed E-state index contributed by atoms with van der Waals surface area (Å²) in [7, 11) is -4.24. The van der Waals surface area contributed by atoms with E-state index in [1.165, 1.54) is 0 Å². The Kier molecular flexibility index (Phi) is 9.11. The average molecular weight is 632 g/mol. The van der Waals surface area contributed by atoms with Gasteiger partial charge >= 0.3 is 17.3 Å². The zero-order valence-electron chi connectivity index (χ0n) is 22.5. The lowest BCUT2D eigenvalue weighted by atomic mass is 10.1. The molecule has 42 heavy (non-hydrogen) atoms. The maximum atomic E-state index is 11.7. The summed E-state index contributed by atoms with van der Waals surface area (Å²) in [6.07, 6.45) is 4.15. The van der Waals surface area contributed by atoms with Crippen LogP contribution in [0.5, 0.6) is 5.75 Å². The highest BCUT2D eigenvalue weighted by molar-refractivity contribution is 7.85. The van der Waals surface area contributed by atoms with E-state index in [1.54, 1.807) is 39.8 Å². The molecule has 2 heterocycles. The number of allylic oxidation sites excluding steroid dienone is 2. The third-order valence-electron chi connectivity index (χ3n) is 6.63. The standard InChI is InChI=1S/C29H27ClN2O8S2/c1-2-20(16-28-31(12-14-38-41(33)34)25-19-23(30)9-11-27(25)40-28)17-29-32(13-15-42(35,36)37)24-18-22(8-10-26(24)39-29)21-6-4-3-5-7-21/h3-11,16-19H,2,12-15H2,1H3,(H-,33,34,35,36,37)/p+1. The van der Waals surface area contributed by atoms with Crippen molar-refractivity contribution in [2.75, 3.05) is 23.8 Å². The van der Waals surface area contributed by atoms with Gasteiger partial charge in [0.2, 0.25) is 11.5 Å². The van der Waals surface area contributed by atoms with Crippen LogP contribution in [0.15, 0.2) is 88.7 Å². The van der Waals surface area contributed by atoms with Crippen LogP contribution < -0.4 is 14.2 Å². The van der Waals surface area contributed by atoms with E-state index in [-0.39, 0.29) is 19.7 Å². The van der Waals surface area contributed by atoms with Gasteiger partial charge in [-0.05, 0) is 47.4 Å². The van der Waals surface area contributed by atoms with Gasteiger partial charge in [-0.3, -0.25) is 13.3 Å². The van der Waals surface area contributed by atoms with Crippen molar-refractivity contribution in [1.29, 1.82) is 0 Å². The van der Waals surface area contributed by atoms with Gasteiger partial charge in [0.05, 0.1) is 24.9 Å². The molecule has 0 amide bonds. The molecule has 0 radical (unpaired) electrons. The SMILES string of the molecule is CCC(=Cc1oc2ccc(-c3ccccc3)cc2[n+]1CCS(=O)(=O)O)C=C1Oc2ccc(Cl)cc2N1CCOS(=O)O. The molecule has 2 N–H and O–H groups in total. The van der Waals surface area contributed by atoms with Crippen molar-refractivity contribution in [1.82, 2.24) is 0 Å². The van der Waals surface area contributed by atoms with Crippen LogP contribution in [0.25, 0.3) is 28.3 Å². The number of rotatable bonds is 11. The maximum absolute atomic E-state index is 11.7. The minimum Gasteiger partial charge on any atom is -0.439 e. The van der Waals surface area contributed by atoms with Crippen molar-refractivity contribution in [2.24, 2.45) is 0 Å². The van der Waals surface area contributed by atoms with E-state index < -0.39 is 27.2 Å². The molecule has 1 aliphatic rings. The van der Waals surface area contributed by atoms with E-state index in [2.05, 4.69) is 0 Å². The minimum atomic E-state index is -4.24. The Balaban J connectivity index is 1.56. The second-order valence-corrected chi connectivity index (χ2v) is 12.1. The summed E-state index contributed by atoms with van der Waals surface area (Å²) >= 11 is 3.81. The molecule has 0 bridgehead atoms. The molecule has 0 saturated heterocycles. The Labute approximate surface area is 250 Å². The second kappa shape index (κ2) is 12.8. The zero-order valence-corrected chi connectivity index (χ0v) is 24.9. The van der Waals surface area contributed by atoms with Crippen LogP contribution in [-0.4, -0.2) is 40.6 Å². The number of anilines is 1. The topological polar surface area (TPSA) is 130 Å². The molecule has 3 aromatic carbocycles. The first kappa shape index (κ1) is 30.0. The summed E-state index contributed by atoms with van der Waals surface area (Å²) in [6.45, 7) is 2.07. The zero-order chi connectivity index (χ0) is 29.9. The fraction of sp³-hybridized carbons (Fsp3) is 0.207. The normalized spacial score (nSPS) is 15.3. The highest BCUT2D eigenvalue weighted by atomic mass is 35.5. The molecule has 0 fully saturated rings. The number of aryl methyl sites for hydroxylation is 1. The van der Waals surface area contributed by atoms with Gasteiger partial charge in [-0.2, -0.15) is 17.2 Å². The van der Waals surface area contributed by atoms with Crippen LogP contribution in [0.1, 0.15) is 19.2 Å². The molecule has 10 nitrogen and oxygen atoms in total. The number of nitrogens with zero attached hydrogens (tertiary/aromatic N) is 2. The number of hydrogen-bond acceptors (Lipinski definition) is 7. The van der Waals surface area contributed by atoms with Crippen molar-refractivity contribution in [2.45, 2.75) is 19.9 Å². The fourth-order valence-electron chi connectivity index (χ4n) is 4.63. The Bertz CT molecular complexity index is 1800. The lowest BCUT2D eigenvalue weighted by Gasteiger charge is -2.18. The lowest BCUT2D eigenvalue weighted by molar-refractivity contribution is -0.673. The predicted octanol–water partition coefficient (Wildman–Crippen LogP) is 5.62. The van der Waals surface area contributed by atoms with Gasteiger partial charge in [0.25, 0.3) is 15.6 Å². The second-order valence-electron chi connectivity index (χ2n) is 9.39. The number of halogens is 1. The number of oxazole rings is 1. The molecule has 0 saturated carbocycles. The number of benzene rings is 3. The van der Waals surface area contributed by atoms with Crippen LogP contribution >= 0.6 is 11.6 Å². The van der Waals surface area contributed by atoms with Gasteiger partial charge < -0.3 is 14.1 Å². The van der Waals surface area contributed by atoms with Crippen molar-refractivity contribution >= 4 is 55.9 Å². The molecule has 1 aromatic heterocycles. The van der Waals surface area contributed by atoms with E-state index in [9.17, 15) is 17.2 Å². The quantitative estimate of drug-likeness (QED) is 0.123. The third kappa shape index (κ3) is 7.09. The first-order chi connectivity index (χ1) is 20.1. The minimum absolute atomic E-state index is 0.0360. The number of fused-ring (bicyclic) bond motifs is 2. The maximum Gasteiger partial charge on any atom is 0.374 e. The molecule has 5 rings (SSSR count). The van der Waals surface area contributed by atoms with E-state index in [4.69, 9.17) is 29.5 Å². The van der Waals surface area contributed by atoms with Crippen molar-refractivity contribution < 1.29 is 39.6 Å². The molecule has 1 atom stereocenters. The van der Waals surface area contributed by atoms with E-state index in [0.29, 0.717) is 45.8 Å². The van der Waals surface area contributed by atoms with Gasteiger partial charge in [0.1, 0.15) is 5.75 Å². The molecule has 220 valence electrons. The van der Waals surface area contributed by atoms with Gasteiger partial charge in [0, 0.05) is 17.2 Å². The number of hydrogen-bond donors (Lipinski definition) is 2. The highest BCUT2D eigenvalue weighted by Gasteiger charge is 2.28. The molecule has 1 aliphatic heterocycles. The Morgan fingerprint density at radius 2 is 1.90 bits per heavy atom. The summed E-state index contributed by atoms with van der Waals surface area (Å²) in [4.78, 5) is 1.79. The van der Waals surface area contributed by atoms with Crippen molar-refractivity contribution in [3.05, 3.63) is 95.2 Å². The van der Waals surface area contributed by atoms with Gasteiger partial charge in [-0.25, -0.2) is 0 Å². The molecule has 0 spiro atoms. The Morgan fingerprint density at radius 3 is 2.62 bits per heavy atom. The van der Waals surface area contributed by atoms with Gasteiger partial charge in [0.15, 0.2) is 12.3 Å². The smallest absolute Gasteiger partial charge is 0.374 e. The molecular formula is C29H28ClN2O8S2+. The highest BCUT2D eigenvalue weighted by Crippen LogP contribution is 2.41. The number of ether oxygens (including phenoxy) is 1. The van der Waals surface area contributed by atoms with Crippen LogP contribution in [0.3, 0.4) is 0 Å². The van der Waals surface area contributed by atoms with Crippen LogP contribution in [0.2, 0.25) is 5.02 Å². The summed E-state index contributed by atoms with van der Waals surface area (Å²) < 4.78 is 71.7. The summed E-state index contributed by atoms with van der Waals surface area (Å²) in [5, 5.41) is 0.499. The summed E-state index contributed by atoms with van der Waals surface area (Å²) in [5.74, 6) is 0.896. The van der Waals surface area contributed by atoms with Crippen LogP contribution in [0, 0.1) is 0 Å². The van der Waals surface area contributed by atoms with Crippen molar-refractivity contribution in [3.63, 3.8) is 0 Å². The van der Waals surface area contributed by atoms with Crippen LogP contribution in [0.4, 0.5) is 5.69 Å². The first-order valence-electron chi connectivity index (χ1n) is 13.0. The first-order valence-corrected chi connectivity index (χ1v) is 16.0. The van der Waals surface area contributed by atoms with E-state index in [1.807, 2.05) is 55.5 Å². The molecule has 4 aromatic rings. The number of aromatic nitrogens is 1. The fourth-order valence-corrected chi connectivity index (χ4v) is 5.43. The average Bonchev–Trinajstić information content (AvgIpc) is 3.47. The van der Waals surface area contributed by atoms with Crippen LogP contribution in [-0.2, 0) is 32.2 Å². The molecular weight excluding hydrogens is 604 g/mol. The van der Waals surface area contributed by atoms with Gasteiger partial charge in [-0.15, -0.1) is 0 Å². The lowest BCUT2D eigenvalue weighted by Crippen LogP contribution is -2.38. The molecule has 0 aliphatic carbocycles. The monoisotopic (exact) mass is 631 g/mol. The Hall–Kier alpha value is -3.52. The summed E-state index contributed by atoms with van der Waals surface area (Å²) in [6, 6.07) is 20.6. The predicted molar refractivity (Wildman–Crippen MR) is 161 cm³/mol. The van der Waals surface area contributed by atoms with E-state index >= 15 is 0 Å². The Morgan fingerprint density at radius 1 is 1.12 bits per heavy atom. The third-order valence-corrected chi connectivity index (χ3v) is 7.93. The molecule has 1 unspecified atom stereocenters. The molecule has 13 heteroatoms.